The van der Waals surface area contributed by atoms with Gasteiger partial charge in [-0.3, -0.25) is 9.59 Å². The van der Waals surface area contributed by atoms with Crippen LogP contribution < -0.4 is 5.32 Å². The molecule has 1 aliphatic rings. The number of hydrogen-bond donors (Lipinski definition) is 1. The Labute approximate surface area is 189 Å². The van der Waals surface area contributed by atoms with Crippen LogP contribution in [-0.2, 0) is 14.8 Å². The highest BCUT2D eigenvalue weighted by molar-refractivity contribution is 7.89. The van der Waals surface area contributed by atoms with Gasteiger partial charge in [-0.25, -0.2) is 13.4 Å². The van der Waals surface area contributed by atoms with Gasteiger partial charge in [-0.15, -0.1) is 0 Å². The second-order valence-corrected chi connectivity index (χ2v) is 10.8. The summed E-state index contributed by atoms with van der Waals surface area (Å²) < 4.78 is 28.2. The van der Waals surface area contributed by atoms with Gasteiger partial charge in [-0.05, 0) is 50.1 Å². The van der Waals surface area contributed by atoms with E-state index in [4.69, 9.17) is 11.6 Å². The van der Waals surface area contributed by atoms with E-state index in [0.29, 0.717) is 28.6 Å². The Morgan fingerprint density at radius 3 is 2.61 bits per heavy atom. The molecular weight excluding hydrogens is 458 g/mol. The number of amides is 1. The van der Waals surface area contributed by atoms with Gasteiger partial charge in [-0.2, -0.15) is 4.31 Å². The molecule has 162 valence electrons. The number of hydrogen-bond acceptors (Lipinski definition) is 6. The topological polar surface area (TPSA) is 96.4 Å². The number of nitrogens with one attached hydrogen (secondary N) is 1. The first-order valence-corrected chi connectivity index (χ1v) is 12.4. The van der Waals surface area contributed by atoms with E-state index in [1.165, 1.54) is 34.7 Å². The molecular formula is C21H20ClN3O4S2. The number of anilines is 1. The fraction of sp³-hybridized carbons (Fsp3) is 0.286. The van der Waals surface area contributed by atoms with Gasteiger partial charge in [0.25, 0.3) is 0 Å². The third-order valence-electron chi connectivity index (χ3n) is 5.28. The molecule has 31 heavy (non-hydrogen) atoms. The predicted octanol–water partition coefficient (Wildman–Crippen LogP) is 4.19. The summed E-state index contributed by atoms with van der Waals surface area (Å²) in [5.74, 6) is -0.657. The van der Waals surface area contributed by atoms with E-state index >= 15 is 0 Å². The van der Waals surface area contributed by atoms with Gasteiger partial charge in [0.1, 0.15) is 0 Å². The molecule has 0 atom stereocenters. The predicted molar refractivity (Wildman–Crippen MR) is 121 cm³/mol. The van der Waals surface area contributed by atoms with Crippen molar-refractivity contribution in [3.63, 3.8) is 0 Å². The van der Waals surface area contributed by atoms with Crippen LogP contribution in [0.3, 0.4) is 0 Å². The van der Waals surface area contributed by atoms with E-state index in [0.717, 1.165) is 10.2 Å². The molecule has 1 fully saturated rings. The number of Topliss-reactive ketones (excluding diaryl/α,β-unsaturated/α-hetero) is 1. The minimum Gasteiger partial charge on any atom is -0.302 e. The molecule has 10 heteroatoms. The Kier molecular flexibility index (Phi) is 6.11. The summed E-state index contributed by atoms with van der Waals surface area (Å²) in [5.41, 5.74) is 1.12. The Balaban J connectivity index is 1.41. The molecule has 1 N–H and O–H groups in total. The van der Waals surface area contributed by atoms with Crippen molar-refractivity contribution in [3.05, 3.63) is 53.1 Å². The fourth-order valence-electron chi connectivity index (χ4n) is 3.54. The maximum absolute atomic E-state index is 13.0. The van der Waals surface area contributed by atoms with E-state index in [1.54, 1.807) is 30.3 Å². The first kappa shape index (κ1) is 21.9. The minimum absolute atomic E-state index is 0.0937. The Morgan fingerprint density at radius 2 is 1.90 bits per heavy atom. The van der Waals surface area contributed by atoms with E-state index in [2.05, 4.69) is 10.3 Å². The maximum atomic E-state index is 13.0. The van der Waals surface area contributed by atoms with Crippen LogP contribution in [0.25, 0.3) is 10.2 Å². The Morgan fingerprint density at radius 1 is 1.16 bits per heavy atom. The summed E-state index contributed by atoms with van der Waals surface area (Å²) in [7, 11) is -3.72. The largest absolute Gasteiger partial charge is 0.302 e. The summed E-state index contributed by atoms with van der Waals surface area (Å²) in [6.45, 7) is 1.87. The number of nitrogens with zero attached hydrogens (tertiary/aromatic N) is 2. The number of aromatic nitrogens is 1. The van der Waals surface area contributed by atoms with Crippen molar-refractivity contribution in [3.8, 4) is 0 Å². The van der Waals surface area contributed by atoms with Crippen molar-refractivity contribution in [2.24, 2.45) is 5.92 Å². The van der Waals surface area contributed by atoms with Crippen LogP contribution in [0.4, 0.5) is 5.13 Å². The highest BCUT2D eigenvalue weighted by Gasteiger charge is 2.32. The number of carbonyl (C=O) groups excluding carboxylic acids is 2. The van der Waals surface area contributed by atoms with Crippen LogP contribution in [0.15, 0.2) is 47.4 Å². The second kappa shape index (κ2) is 8.66. The van der Waals surface area contributed by atoms with Crippen molar-refractivity contribution in [2.75, 3.05) is 18.4 Å². The lowest BCUT2D eigenvalue weighted by molar-refractivity contribution is -0.120. The molecule has 1 saturated heterocycles. The zero-order valence-corrected chi connectivity index (χ0v) is 19.1. The zero-order chi connectivity index (χ0) is 22.2. The maximum Gasteiger partial charge on any atom is 0.243 e. The molecule has 1 amide bonds. The number of piperidine rings is 1. The standard InChI is InChI=1S/C21H20ClN3O4S2/c1-13(26)15-3-2-4-17(11-15)31(28,29)25-9-7-14(8-10-25)20(27)24-21-23-18-6-5-16(22)12-19(18)30-21/h2-6,11-12,14H,7-10H2,1H3,(H,23,24,27). The first-order valence-electron chi connectivity index (χ1n) is 9.72. The number of benzene rings is 2. The van der Waals surface area contributed by atoms with Crippen LogP contribution in [0.2, 0.25) is 5.02 Å². The SMILES string of the molecule is CC(=O)c1cccc(S(=O)(=O)N2CCC(C(=O)Nc3nc4ccc(Cl)cc4s3)CC2)c1. The molecule has 0 unspecified atom stereocenters. The molecule has 0 spiro atoms. The van der Waals surface area contributed by atoms with Gasteiger partial charge in [0.15, 0.2) is 10.9 Å². The number of ketones is 1. The lowest BCUT2D eigenvalue weighted by Gasteiger charge is -2.30. The van der Waals surface area contributed by atoms with Crippen LogP contribution in [-0.4, -0.2) is 42.5 Å². The van der Waals surface area contributed by atoms with Crippen LogP contribution in [0.1, 0.15) is 30.1 Å². The molecule has 4 rings (SSSR count). The van der Waals surface area contributed by atoms with Crippen molar-refractivity contribution in [2.45, 2.75) is 24.7 Å². The lowest BCUT2D eigenvalue weighted by Crippen LogP contribution is -2.41. The third kappa shape index (κ3) is 4.64. The number of sulfonamides is 1. The zero-order valence-electron chi connectivity index (χ0n) is 16.7. The van der Waals surface area contributed by atoms with E-state index in [9.17, 15) is 18.0 Å². The highest BCUT2D eigenvalue weighted by Crippen LogP contribution is 2.30. The summed E-state index contributed by atoms with van der Waals surface area (Å²) >= 11 is 7.34. The average Bonchev–Trinajstić information content (AvgIpc) is 3.15. The third-order valence-corrected chi connectivity index (χ3v) is 8.35. The van der Waals surface area contributed by atoms with Gasteiger partial charge >= 0.3 is 0 Å². The summed E-state index contributed by atoms with van der Waals surface area (Å²) in [4.78, 5) is 28.8. The number of halogens is 1. The number of thiazole rings is 1. The summed E-state index contributed by atoms with van der Waals surface area (Å²) in [6, 6.07) is 11.4. The quantitative estimate of drug-likeness (QED) is 0.556. The summed E-state index contributed by atoms with van der Waals surface area (Å²) in [5, 5.41) is 3.95. The molecule has 1 aromatic heterocycles. The highest BCUT2D eigenvalue weighted by atomic mass is 35.5. The Hall–Kier alpha value is -2.33. The molecule has 3 aromatic rings. The van der Waals surface area contributed by atoms with Gasteiger partial charge in [-0.1, -0.05) is 35.1 Å². The monoisotopic (exact) mass is 477 g/mol. The number of carbonyl (C=O) groups is 2. The second-order valence-electron chi connectivity index (χ2n) is 7.38. The van der Waals surface area contributed by atoms with E-state index in [-0.39, 0.29) is 35.6 Å². The van der Waals surface area contributed by atoms with Gasteiger partial charge in [0, 0.05) is 29.6 Å². The molecule has 2 heterocycles. The van der Waals surface area contributed by atoms with E-state index in [1.807, 2.05) is 0 Å². The van der Waals surface area contributed by atoms with Crippen molar-refractivity contribution < 1.29 is 18.0 Å². The van der Waals surface area contributed by atoms with Crippen molar-refractivity contribution >= 4 is 60.0 Å². The molecule has 7 nitrogen and oxygen atoms in total. The molecule has 2 aromatic carbocycles. The minimum atomic E-state index is -3.72. The summed E-state index contributed by atoms with van der Waals surface area (Å²) in [6.07, 6.45) is 0.822. The fourth-order valence-corrected chi connectivity index (χ4v) is 6.20. The Bertz CT molecular complexity index is 1260. The van der Waals surface area contributed by atoms with Gasteiger partial charge in [0.05, 0.1) is 15.1 Å². The molecule has 0 aliphatic carbocycles. The van der Waals surface area contributed by atoms with Crippen LogP contribution in [0, 0.1) is 5.92 Å². The van der Waals surface area contributed by atoms with Crippen molar-refractivity contribution in [1.82, 2.24) is 9.29 Å². The molecule has 0 radical (unpaired) electrons. The van der Waals surface area contributed by atoms with Gasteiger partial charge in [0.2, 0.25) is 15.9 Å². The molecule has 0 bridgehead atoms. The number of rotatable bonds is 5. The smallest absolute Gasteiger partial charge is 0.243 e. The van der Waals surface area contributed by atoms with Crippen LogP contribution in [0.5, 0.6) is 0 Å². The van der Waals surface area contributed by atoms with Crippen molar-refractivity contribution in [1.29, 1.82) is 0 Å². The van der Waals surface area contributed by atoms with E-state index < -0.39 is 10.0 Å². The first-order chi connectivity index (χ1) is 14.7. The molecule has 0 saturated carbocycles. The molecule has 1 aliphatic heterocycles. The van der Waals surface area contributed by atoms with Gasteiger partial charge < -0.3 is 5.32 Å². The van der Waals surface area contributed by atoms with Crippen LogP contribution >= 0.6 is 22.9 Å². The lowest BCUT2D eigenvalue weighted by atomic mass is 9.97. The normalized spacial score (nSPS) is 15.8. The number of fused-ring (bicyclic) bond motifs is 1. The average molecular weight is 478 g/mol.